The second kappa shape index (κ2) is 9.88. The van der Waals surface area contributed by atoms with Crippen molar-refractivity contribution in [2.24, 2.45) is 28.6 Å². The molecule has 6 atom stereocenters. The number of likely N-dealkylation sites (N-methyl/N-ethyl adjacent to an activating group) is 1. The molecule has 5 aliphatic carbocycles. The van der Waals surface area contributed by atoms with E-state index in [1.165, 1.54) is 30.9 Å². The lowest BCUT2D eigenvalue weighted by atomic mass is 9.46. The van der Waals surface area contributed by atoms with Crippen LogP contribution in [0.15, 0.2) is 23.0 Å². The molecule has 5 rings (SSSR count). The predicted octanol–water partition coefficient (Wildman–Crippen LogP) is 4.38. The number of hydrogen-bond acceptors (Lipinski definition) is 7. The monoisotopic (exact) mass is 527 g/mol. The van der Waals surface area contributed by atoms with Gasteiger partial charge in [-0.15, -0.1) is 0 Å². The van der Waals surface area contributed by atoms with Crippen molar-refractivity contribution in [1.29, 1.82) is 0 Å². The maximum absolute atomic E-state index is 14.1. The van der Waals surface area contributed by atoms with Crippen molar-refractivity contribution in [3.63, 3.8) is 0 Å². The second-order valence-electron chi connectivity index (χ2n) is 13.4. The summed E-state index contributed by atoms with van der Waals surface area (Å²) in [5, 5.41) is 11.8. The fraction of sp³-hybridized carbons (Fsp3) is 0.774. The topological polar surface area (TPSA) is 93.1 Å². The van der Waals surface area contributed by atoms with Crippen LogP contribution in [0.1, 0.15) is 85.0 Å². The van der Waals surface area contributed by atoms with Gasteiger partial charge >= 0.3 is 5.97 Å². The van der Waals surface area contributed by atoms with Gasteiger partial charge in [0.05, 0.1) is 11.9 Å². The average molecular weight is 528 g/mol. The highest BCUT2D eigenvalue weighted by Crippen LogP contribution is 2.67. The third-order valence-electron chi connectivity index (χ3n) is 10.8. The molecule has 0 aromatic rings. The molecule has 0 bridgehead atoms. The number of carbonyl (C=O) groups excluding carboxylic acids is 3. The summed E-state index contributed by atoms with van der Waals surface area (Å²) in [6.07, 6.45) is 11.0. The van der Waals surface area contributed by atoms with Crippen molar-refractivity contribution in [1.82, 2.24) is 4.90 Å². The quantitative estimate of drug-likeness (QED) is 0.491. The fourth-order valence-corrected chi connectivity index (χ4v) is 9.00. The van der Waals surface area contributed by atoms with E-state index >= 15 is 0 Å². The maximum Gasteiger partial charge on any atom is 0.303 e. The predicted molar refractivity (Wildman–Crippen MR) is 143 cm³/mol. The molecular formula is C31H45NO6. The summed E-state index contributed by atoms with van der Waals surface area (Å²) in [6.45, 7) is 5.82. The standard InChI is InChI=1S/C31H45NO6/c1-19(33)37-18-27(35)31(36)13-11-24-23-14-20(17-32(4)5)25-15-22(38-21-8-6-7-9-21)10-12-29(25,2)28(23)26(34)16-30(24,31)3/h15,21,23-24,28,36H,6-14,16-18H2,1-5H3/t23-,24-,28+,29-,30-,31-/m0/s1. The Hall–Kier alpha value is -1.99. The minimum absolute atomic E-state index is 0.0483. The first kappa shape index (κ1) is 27.6. The number of allylic oxidation sites excluding steroid dienone is 3. The Morgan fingerprint density at radius 3 is 2.50 bits per heavy atom. The van der Waals surface area contributed by atoms with Gasteiger partial charge < -0.3 is 19.5 Å². The number of esters is 1. The van der Waals surface area contributed by atoms with Crippen molar-refractivity contribution >= 4 is 17.5 Å². The van der Waals surface area contributed by atoms with E-state index in [0.29, 0.717) is 18.9 Å². The molecule has 1 N–H and O–H groups in total. The number of ether oxygens (including phenoxy) is 2. The van der Waals surface area contributed by atoms with Gasteiger partial charge in [0.2, 0.25) is 5.78 Å². The summed E-state index contributed by atoms with van der Waals surface area (Å²) in [5.74, 6) is 0.194. The van der Waals surface area contributed by atoms with Crippen LogP contribution in [0, 0.1) is 28.6 Å². The van der Waals surface area contributed by atoms with Crippen LogP contribution in [0.4, 0.5) is 0 Å². The number of nitrogens with zero attached hydrogens (tertiary/aromatic N) is 1. The van der Waals surface area contributed by atoms with Crippen molar-refractivity contribution in [2.75, 3.05) is 27.2 Å². The van der Waals surface area contributed by atoms with Gasteiger partial charge in [0.15, 0.2) is 6.61 Å². The highest BCUT2D eigenvalue weighted by atomic mass is 16.5. The first-order chi connectivity index (χ1) is 17.9. The molecule has 0 heterocycles. The number of hydrogen-bond donors (Lipinski definition) is 1. The van der Waals surface area contributed by atoms with Gasteiger partial charge in [0.25, 0.3) is 0 Å². The molecule has 210 valence electrons. The van der Waals surface area contributed by atoms with Gasteiger partial charge in [-0.05, 0) is 88.9 Å². The van der Waals surface area contributed by atoms with Crippen LogP contribution in [0.5, 0.6) is 0 Å². The number of fused-ring (bicyclic) bond motifs is 5. The second-order valence-corrected chi connectivity index (χ2v) is 13.4. The van der Waals surface area contributed by atoms with Crippen LogP contribution in [0.25, 0.3) is 0 Å². The summed E-state index contributed by atoms with van der Waals surface area (Å²) in [5.41, 5.74) is -0.166. The molecule has 0 aromatic heterocycles. The number of aliphatic hydroxyl groups is 1. The van der Waals surface area contributed by atoms with E-state index in [4.69, 9.17) is 9.47 Å². The molecular weight excluding hydrogens is 482 g/mol. The summed E-state index contributed by atoms with van der Waals surface area (Å²) < 4.78 is 11.4. The Morgan fingerprint density at radius 2 is 1.84 bits per heavy atom. The zero-order valence-electron chi connectivity index (χ0n) is 23.8. The van der Waals surface area contributed by atoms with Crippen molar-refractivity contribution in [3.8, 4) is 0 Å². The largest absolute Gasteiger partial charge is 0.495 e. The minimum atomic E-state index is -1.66. The Morgan fingerprint density at radius 1 is 1.13 bits per heavy atom. The van der Waals surface area contributed by atoms with Gasteiger partial charge in [-0.1, -0.05) is 19.4 Å². The van der Waals surface area contributed by atoms with E-state index in [9.17, 15) is 19.5 Å². The van der Waals surface area contributed by atoms with Crippen LogP contribution in [0.3, 0.4) is 0 Å². The molecule has 38 heavy (non-hydrogen) atoms. The zero-order valence-corrected chi connectivity index (χ0v) is 23.8. The Kier molecular flexibility index (Phi) is 7.17. The van der Waals surface area contributed by atoms with Crippen molar-refractivity contribution in [2.45, 2.75) is 96.7 Å². The van der Waals surface area contributed by atoms with Crippen LogP contribution < -0.4 is 0 Å². The Balaban J connectivity index is 1.50. The normalized spacial score (nSPS) is 39.0. The minimum Gasteiger partial charge on any atom is -0.495 e. The molecule has 7 heteroatoms. The van der Waals surface area contributed by atoms with Crippen molar-refractivity contribution < 1.29 is 29.0 Å². The molecule has 0 aromatic carbocycles. The molecule has 5 aliphatic rings. The van der Waals surface area contributed by atoms with E-state index in [2.05, 4.69) is 32.0 Å². The van der Waals surface area contributed by atoms with E-state index in [-0.39, 0.29) is 35.4 Å². The van der Waals surface area contributed by atoms with Crippen LogP contribution in [-0.4, -0.2) is 66.5 Å². The van der Waals surface area contributed by atoms with Gasteiger partial charge in [0.1, 0.15) is 11.4 Å². The summed E-state index contributed by atoms with van der Waals surface area (Å²) in [4.78, 5) is 40.9. The molecule has 3 saturated carbocycles. The molecule has 0 radical (unpaired) electrons. The number of ketones is 2. The molecule has 0 amide bonds. The van der Waals surface area contributed by atoms with Gasteiger partial charge in [-0.3, -0.25) is 14.4 Å². The van der Waals surface area contributed by atoms with Crippen LogP contribution in [-0.2, 0) is 23.9 Å². The average Bonchev–Trinajstić information content (AvgIpc) is 3.44. The summed E-state index contributed by atoms with van der Waals surface area (Å²) in [7, 11) is 4.16. The van der Waals surface area contributed by atoms with E-state index in [1.807, 2.05) is 6.92 Å². The maximum atomic E-state index is 14.1. The number of carbonyl (C=O) groups is 3. The van der Waals surface area contributed by atoms with Crippen LogP contribution in [0.2, 0.25) is 0 Å². The molecule has 3 fully saturated rings. The molecule has 0 aliphatic heterocycles. The van der Waals surface area contributed by atoms with Crippen molar-refractivity contribution in [3.05, 3.63) is 23.0 Å². The molecule has 7 nitrogen and oxygen atoms in total. The van der Waals surface area contributed by atoms with E-state index in [0.717, 1.165) is 44.4 Å². The van der Waals surface area contributed by atoms with Crippen LogP contribution >= 0.6 is 0 Å². The molecule has 0 unspecified atom stereocenters. The molecule has 0 saturated heterocycles. The Labute approximate surface area is 227 Å². The summed E-state index contributed by atoms with van der Waals surface area (Å²) >= 11 is 0. The number of Topliss-reactive ketones (excluding diaryl/α,β-unsaturated/α-hetero) is 2. The number of rotatable bonds is 7. The molecule has 0 spiro atoms. The smallest absolute Gasteiger partial charge is 0.303 e. The fourth-order valence-electron chi connectivity index (χ4n) is 9.00. The highest BCUT2D eigenvalue weighted by Gasteiger charge is 2.68. The van der Waals surface area contributed by atoms with E-state index < -0.39 is 29.4 Å². The highest BCUT2D eigenvalue weighted by molar-refractivity contribution is 5.93. The SMILES string of the molecule is CC(=O)OCC(=O)[C@@]1(O)CC[C@H]2[C@@H]3CC(CN(C)C)=C4C=C(OC5CCCC5)CC[C@]4(C)[C@H]3C(=O)C[C@@]21C. The first-order valence-electron chi connectivity index (χ1n) is 14.6. The third-order valence-corrected chi connectivity index (χ3v) is 10.8. The first-order valence-corrected chi connectivity index (χ1v) is 14.6. The lowest BCUT2D eigenvalue weighted by Gasteiger charge is -2.58. The van der Waals surface area contributed by atoms with Gasteiger partial charge in [-0.25, -0.2) is 0 Å². The Bertz CT molecular complexity index is 1070. The van der Waals surface area contributed by atoms with E-state index in [1.54, 1.807) is 0 Å². The lowest BCUT2D eigenvalue weighted by molar-refractivity contribution is -0.172. The third kappa shape index (κ3) is 4.38. The van der Waals surface area contributed by atoms with Gasteiger partial charge in [-0.2, -0.15) is 0 Å². The summed E-state index contributed by atoms with van der Waals surface area (Å²) in [6, 6.07) is 0. The zero-order chi connectivity index (χ0) is 27.5. The lowest BCUT2D eigenvalue weighted by Crippen LogP contribution is -2.61. The van der Waals surface area contributed by atoms with Gasteiger partial charge in [0, 0.05) is 43.1 Å².